The third-order valence-corrected chi connectivity index (χ3v) is 2.45. The minimum Gasteiger partial charge on any atom is -0.385 e. The van der Waals surface area contributed by atoms with Crippen LogP contribution in [0.3, 0.4) is 0 Å². The smallest absolute Gasteiger partial charge is 0.136 e. The second-order valence-electron chi connectivity index (χ2n) is 3.56. The van der Waals surface area contributed by atoms with E-state index in [9.17, 15) is 8.78 Å². The summed E-state index contributed by atoms with van der Waals surface area (Å²) in [6, 6.07) is 4.15. The SMILES string of the molecule is CC1(F)CCNc2cc(F)ccc21. The number of fused-ring (bicyclic) bond motifs is 1. The lowest BCUT2D eigenvalue weighted by atomic mass is 9.90. The highest BCUT2D eigenvalue weighted by Gasteiger charge is 2.31. The van der Waals surface area contributed by atoms with Crippen molar-refractivity contribution < 1.29 is 8.78 Å². The maximum absolute atomic E-state index is 13.8. The number of hydrogen-bond acceptors (Lipinski definition) is 1. The minimum absolute atomic E-state index is 0.330. The van der Waals surface area contributed by atoms with Crippen LogP contribution in [0.25, 0.3) is 0 Å². The van der Waals surface area contributed by atoms with Crippen LogP contribution in [0.2, 0.25) is 0 Å². The van der Waals surface area contributed by atoms with Crippen molar-refractivity contribution in [3.05, 3.63) is 29.6 Å². The van der Waals surface area contributed by atoms with Crippen molar-refractivity contribution in [2.24, 2.45) is 0 Å². The number of hydrogen-bond donors (Lipinski definition) is 1. The van der Waals surface area contributed by atoms with Gasteiger partial charge in [-0.3, -0.25) is 0 Å². The molecule has 2 rings (SSSR count). The van der Waals surface area contributed by atoms with Crippen molar-refractivity contribution in [3.8, 4) is 0 Å². The molecule has 1 heterocycles. The molecule has 0 amide bonds. The van der Waals surface area contributed by atoms with Gasteiger partial charge in [0.1, 0.15) is 11.5 Å². The van der Waals surface area contributed by atoms with Gasteiger partial charge in [-0.2, -0.15) is 0 Å². The Bertz CT molecular complexity index is 334. The molecule has 13 heavy (non-hydrogen) atoms. The van der Waals surface area contributed by atoms with Crippen LogP contribution in [0, 0.1) is 5.82 Å². The summed E-state index contributed by atoms with van der Waals surface area (Å²) in [5.74, 6) is -0.330. The molecule has 1 atom stereocenters. The molecule has 0 aromatic heterocycles. The Hall–Kier alpha value is -1.12. The fourth-order valence-electron chi connectivity index (χ4n) is 1.68. The van der Waals surface area contributed by atoms with E-state index >= 15 is 0 Å². The highest BCUT2D eigenvalue weighted by Crippen LogP contribution is 2.38. The van der Waals surface area contributed by atoms with Crippen LogP contribution in [0.5, 0.6) is 0 Å². The molecule has 0 bridgehead atoms. The van der Waals surface area contributed by atoms with Crippen LogP contribution >= 0.6 is 0 Å². The normalized spacial score (nSPS) is 26.4. The van der Waals surface area contributed by atoms with E-state index in [0.717, 1.165) is 0 Å². The van der Waals surface area contributed by atoms with E-state index in [4.69, 9.17) is 0 Å². The van der Waals surface area contributed by atoms with Crippen molar-refractivity contribution in [2.45, 2.75) is 19.0 Å². The Kier molecular flexibility index (Phi) is 1.75. The van der Waals surface area contributed by atoms with E-state index in [1.807, 2.05) is 0 Å². The zero-order valence-corrected chi connectivity index (χ0v) is 7.40. The molecule has 70 valence electrons. The largest absolute Gasteiger partial charge is 0.385 e. The molecule has 1 unspecified atom stereocenters. The molecule has 0 aliphatic carbocycles. The van der Waals surface area contributed by atoms with Crippen LogP contribution in [0.1, 0.15) is 18.9 Å². The van der Waals surface area contributed by atoms with E-state index in [0.29, 0.717) is 24.2 Å². The van der Waals surface area contributed by atoms with Gasteiger partial charge in [0.15, 0.2) is 0 Å². The topological polar surface area (TPSA) is 12.0 Å². The lowest BCUT2D eigenvalue weighted by Crippen LogP contribution is -2.27. The molecule has 1 aromatic carbocycles. The predicted molar refractivity (Wildman–Crippen MR) is 48.0 cm³/mol. The van der Waals surface area contributed by atoms with Gasteiger partial charge in [-0.1, -0.05) is 6.07 Å². The Morgan fingerprint density at radius 1 is 1.46 bits per heavy atom. The van der Waals surface area contributed by atoms with Gasteiger partial charge >= 0.3 is 0 Å². The van der Waals surface area contributed by atoms with Gasteiger partial charge in [-0.05, 0) is 19.1 Å². The first-order valence-electron chi connectivity index (χ1n) is 4.32. The average molecular weight is 183 g/mol. The number of nitrogens with one attached hydrogen (secondary N) is 1. The van der Waals surface area contributed by atoms with Gasteiger partial charge in [0.05, 0.1) is 0 Å². The molecular weight excluding hydrogens is 172 g/mol. The fourth-order valence-corrected chi connectivity index (χ4v) is 1.68. The first-order valence-corrected chi connectivity index (χ1v) is 4.32. The summed E-state index contributed by atoms with van der Waals surface area (Å²) in [6.45, 7) is 2.09. The van der Waals surface area contributed by atoms with Crippen molar-refractivity contribution in [2.75, 3.05) is 11.9 Å². The van der Waals surface area contributed by atoms with Crippen LogP contribution < -0.4 is 5.32 Å². The molecule has 0 saturated heterocycles. The van der Waals surface area contributed by atoms with Crippen LogP contribution in [0.4, 0.5) is 14.5 Å². The predicted octanol–water partition coefficient (Wildman–Crippen LogP) is 2.83. The molecule has 1 aliphatic heterocycles. The van der Waals surface area contributed by atoms with Gasteiger partial charge in [-0.15, -0.1) is 0 Å². The number of rotatable bonds is 0. The number of benzene rings is 1. The van der Waals surface area contributed by atoms with E-state index in [1.54, 1.807) is 0 Å². The Labute approximate surface area is 75.8 Å². The second-order valence-corrected chi connectivity index (χ2v) is 3.56. The maximum atomic E-state index is 13.8. The van der Waals surface area contributed by atoms with Gasteiger partial charge in [0.2, 0.25) is 0 Å². The van der Waals surface area contributed by atoms with Gasteiger partial charge in [0.25, 0.3) is 0 Å². The number of halogens is 2. The van der Waals surface area contributed by atoms with Gasteiger partial charge in [-0.25, -0.2) is 8.78 Å². The summed E-state index contributed by atoms with van der Waals surface area (Å²) in [5, 5.41) is 2.98. The van der Waals surface area contributed by atoms with Crippen molar-refractivity contribution in [1.82, 2.24) is 0 Å². The van der Waals surface area contributed by atoms with Gasteiger partial charge < -0.3 is 5.32 Å². The van der Waals surface area contributed by atoms with E-state index in [1.165, 1.54) is 25.1 Å². The molecule has 1 aliphatic rings. The summed E-state index contributed by atoms with van der Waals surface area (Å²) >= 11 is 0. The Morgan fingerprint density at radius 3 is 3.00 bits per heavy atom. The lowest BCUT2D eigenvalue weighted by Gasteiger charge is -2.29. The Morgan fingerprint density at radius 2 is 2.23 bits per heavy atom. The summed E-state index contributed by atoms with van der Waals surface area (Å²) < 4.78 is 26.6. The standard InChI is InChI=1S/C10H11F2N/c1-10(12)4-5-13-9-6-7(11)2-3-8(9)10/h2-3,6,13H,4-5H2,1H3. The number of alkyl halides is 1. The molecule has 1 nitrogen and oxygen atoms in total. The van der Waals surface area contributed by atoms with E-state index in [2.05, 4.69) is 5.32 Å². The first-order chi connectivity index (χ1) is 6.09. The summed E-state index contributed by atoms with van der Waals surface area (Å²) in [7, 11) is 0. The summed E-state index contributed by atoms with van der Waals surface area (Å²) in [6.07, 6.45) is 0.436. The third-order valence-electron chi connectivity index (χ3n) is 2.45. The van der Waals surface area contributed by atoms with Crippen molar-refractivity contribution >= 4 is 5.69 Å². The molecule has 0 fully saturated rings. The zero-order valence-electron chi connectivity index (χ0n) is 7.40. The molecule has 3 heteroatoms. The minimum atomic E-state index is -1.33. The van der Waals surface area contributed by atoms with E-state index in [-0.39, 0.29) is 5.82 Å². The maximum Gasteiger partial charge on any atom is 0.136 e. The van der Waals surface area contributed by atoms with Crippen LogP contribution in [-0.4, -0.2) is 6.54 Å². The monoisotopic (exact) mass is 183 g/mol. The van der Waals surface area contributed by atoms with Gasteiger partial charge in [0, 0.05) is 24.2 Å². The lowest BCUT2D eigenvalue weighted by molar-refractivity contribution is 0.178. The highest BCUT2D eigenvalue weighted by molar-refractivity contribution is 5.55. The molecular formula is C10H11F2N. The summed E-state index contributed by atoms with van der Waals surface area (Å²) in [4.78, 5) is 0. The molecule has 0 spiro atoms. The average Bonchev–Trinajstić information content (AvgIpc) is 2.02. The third kappa shape index (κ3) is 1.39. The molecule has 1 aromatic rings. The highest BCUT2D eigenvalue weighted by atomic mass is 19.1. The quantitative estimate of drug-likeness (QED) is 0.652. The molecule has 1 N–H and O–H groups in total. The summed E-state index contributed by atoms with van der Waals surface area (Å²) in [5.41, 5.74) is -0.190. The van der Waals surface area contributed by atoms with Crippen molar-refractivity contribution in [1.29, 1.82) is 0 Å². The van der Waals surface area contributed by atoms with E-state index < -0.39 is 5.67 Å². The molecule has 0 saturated carbocycles. The first kappa shape index (κ1) is 8.48. The van der Waals surface area contributed by atoms with Crippen LogP contribution in [0.15, 0.2) is 18.2 Å². The second kappa shape index (κ2) is 2.69. The zero-order chi connectivity index (χ0) is 9.47. The Balaban J connectivity index is 2.53. The number of anilines is 1. The molecule has 0 radical (unpaired) electrons. The van der Waals surface area contributed by atoms with Crippen LogP contribution in [-0.2, 0) is 5.67 Å². The fraction of sp³-hybridized carbons (Fsp3) is 0.400. The van der Waals surface area contributed by atoms with Crippen molar-refractivity contribution in [3.63, 3.8) is 0 Å².